The predicted molar refractivity (Wildman–Crippen MR) is 359 cm³/mol. The van der Waals surface area contributed by atoms with E-state index in [1.54, 1.807) is 6.08 Å². The van der Waals surface area contributed by atoms with Crippen LogP contribution in [0, 0.1) is 0 Å². The van der Waals surface area contributed by atoms with Crippen molar-refractivity contribution in [2.75, 3.05) is 19.8 Å². The van der Waals surface area contributed by atoms with E-state index in [4.69, 9.17) is 18.9 Å². The molecule has 502 valence electrons. The Morgan fingerprint density at radius 3 is 1.25 bits per heavy atom. The van der Waals surface area contributed by atoms with Gasteiger partial charge in [0.2, 0.25) is 5.91 Å². The summed E-state index contributed by atoms with van der Waals surface area (Å²) in [7, 11) is 0. The fourth-order valence-electron chi connectivity index (χ4n) is 10.3. The number of rotatable bonds is 54. The third-order valence-corrected chi connectivity index (χ3v) is 15.8. The van der Waals surface area contributed by atoms with Crippen molar-refractivity contribution < 1.29 is 64.6 Å². The minimum Gasteiger partial charge on any atom is -0.394 e. The number of hydrogen-bond acceptors (Lipinski definition) is 13. The van der Waals surface area contributed by atoms with Gasteiger partial charge < -0.3 is 65.1 Å². The van der Waals surface area contributed by atoms with Crippen LogP contribution in [0.1, 0.15) is 232 Å². The first-order valence-electron chi connectivity index (χ1n) is 34.4. The van der Waals surface area contributed by atoms with Crippen LogP contribution in [0.3, 0.4) is 0 Å². The Balaban J connectivity index is 1.66. The molecule has 0 saturated carbocycles. The highest BCUT2D eigenvalue weighted by Crippen LogP contribution is 2.30. The highest BCUT2D eigenvalue weighted by molar-refractivity contribution is 5.76. The molecule has 2 saturated heterocycles. The van der Waals surface area contributed by atoms with E-state index in [9.17, 15) is 45.6 Å². The lowest BCUT2D eigenvalue weighted by Gasteiger charge is -2.46. The van der Waals surface area contributed by atoms with Crippen molar-refractivity contribution in [1.82, 2.24) is 5.32 Å². The molecule has 1 amide bonds. The van der Waals surface area contributed by atoms with E-state index in [-0.39, 0.29) is 18.9 Å². The summed E-state index contributed by atoms with van der Waals surface area (Å²) in [6.45, 7) is 2.64. The summed E-state index contributed by atoms with van der Waals surface area (Å²) in [5, 5.41) is 87.3. The Bertz CT molecular complexity index is 1990. The Kier molecular flexibility index (Phi) is 52.0. The first-order chi connectivity index (χ1) is 43.1. The summed E-state index contributed by atoms with van der Waals surface area (Å²) in [5.41, 5.74) is 0. The number of allylic oxidation sites excluding steroid dienone is 21. The van der Waals surface area contributed by atoms with Gasteiger partial charge in [-0.1, -0.05) is 250 Å². The number of ether oxygens (including phenoxy) is 4. The SMILES string of the molecule is CC/C=C\C/C=C\C/C=C\C/C=C\C/C=C\C/C=C\C/C=C\C/C=C\CCCCCCCCCCCCCCC(=O)NC(COC1OC(CO)C(OC2OC(CO)C(O)C(O)C2O)C(O)C1O)C(O)/C=C/CC/C=C/CC/C=C/CCCCCCCCC. The number of nitrogens with one attached hydrogen (secondary N) is 1. The van der Waals surface area contributed by atoms with Crippen LogP contribution in [0.25, 0.3) is 0 Å². The first-order valence-corrected chi connectivity index (χ1v) is 34.4. The second-order valence-corrected chi connectivity index (χ2v) is 23.5. The molecule has 88 heavy (non-hydrogen) atoms. The molecular weight excluding hydrogens is 1110 g/mol. The van der Waals surface area contributed by atoms with E-state index in [1.165, 1.54) is 96.3 Å². The number of aliphatic hydroxyl groups excluding tert-OH is 8. The number of carbonyl (C=O) groups excluding carboxylic acids is 1. The molecule has 12 unspecified atom stereocenters. The van der Waals surface area contributed by atoms with E-state index < -0.39 is 86.8 Å². The van der Waals surface area contributed by atoms with Gasteiger partial charge in [-0.05, 0) is 109 Å². The molecule has 0 bridgehead atoms. The number of amides is 1. The molecule has 2 aliphatic heterocycles. The zero-order chi connectivity index (χ0) is 63.8. The Morgan fingerprint density at radius 2 is 0.795 bits per heavy atom. The summed E-state index contributed by atoms with van der Waals surface area (Å²) in [5.74, 6) is -0.261. The van der Waals surface area contributed by atoms with E-state index >= 15 is 0 Å². The molecule has 2 aliphatic rings. The molecular formula is C74H123NO13. The van der Waals surface area contributed by atoms with Gasteiger partial charge in [0.1, 0.15) is 48.8 Å². The second kappa shape index (κ2) is 57.1. The van der Waals surface area contributed by atoms with Gasteiger partial charge in [-0.25, -0.2) is 0 Å². The van der Waals surface area contributed by atoms with Gasteiger partial charge in [-0.3, -0.25) is 4.79 Å². The van der Waals surface area contributed by atoms with Crippen LogP contribution in [0.2, 0.25) is 0 Å². The molecule has 14 nitrogen and oxygen atoms in total. The maximum Gasteiger partial charge on any atom is 0.220 e. The quantitative estimate of drug-likeness (QED) is 0.0204. The Hall–Kier alpha value is -3.87. The second-order valence-electron chi connectivity index (χ2n) is 23.5. The van der Waals surface area contributed by atoms with Crippen LogP contribution in [-0.4, -0.2) is 140 Å². The van der Waals surface area contributed by atoms with Crippen LogP contribution >= 0.6 is 0 Å². The molecule has 0 radical (unpaired) electrons. The van der Waals surface area contributed by atoms with Gasteiger partial charge in [-0.15, -0.1) is 0 Å². The minimum absolute atomic E-state index is 0.259. The molecule has 2 fully saturated rings. The maximum atomic E-state index is 13.3. The topological polar surface area (TPSA) is 228 Å². The first kappa shape index (κ1) is 80.2. The van der Waals surface area contributed by atoms with Crippen molar-refractivity contribution >= 4 is 5.91 Å². The molecule has 2 rings (SSSR count). The van der Waals surface area contributed by atoms with Gasteiger partial charge in [0, 0.05) is 6.42 Å². The monoisotopic (exact) mass is 1230 g/mol. The van der Waals surface area contributed by atoms with Crippen molar-refractivity contribution in [2.45, 2.75) is 306 Å². The standard InChI is InChI=1S/C74H123NO13/c1-3-5-7-9-11-13-15-17-19-21-22-23-24-25-26-27-28-29-30-31-32-33-34-35-36-37-38-39-40-42-44-46-48-50-52-54-56-58-66(79)75-62(63(78)57-55-53-51-49-47-45-43-41-20-18-16-14-12-10-8-6-4-2)61-85-73-71(84)69(82)72(65(60-77)87-73)88-74-70(83)68(81)67(80)64(59-76)86-74/h5,7,11,13,17,19-20,22-23,25-26,28-29,31-32,34-35,41,47,49,55,57,62-65,67-74,76-78,80-84H,3-4,6,8-10,12,14-16,18,21,24,27,30,33,36-40,42-46,48,50-54,56,58-61H2,1-2H3,(H,75,79)/b7-5-,13-11-,19-17-,23-22-,26-25-,29-28-,32-31-,35-34-,41-20+,49-47+,57-55+. The summed E-state index contributed by atoms with van der Waals surface area (Å²) in [6, 6.07) is -0.948. The zero-order valence-electron chi connectivity index (χ0n) is 54.4. The van der Waals surface area contributed by atoms with E-state index in [2.05, 4.69) is 141 Å². The van der Waals surface area contributed by atoms with Gasteiger partial charge in [0.05, 0.1) is 32.0 Å². The largest absolute Gasteiger partial charge is 0.394 e. The average molecular weight is 1230 g/mol. The van der Waals surface area contributed by atoms with Crippen molar-refractivity contribution in [1.29, 1.82) is 0 Å². The summed E-state index contributed by atoms with van der Waals surface area (Å²) in [6.07, 6.45) is 67.9. The molecule has 12 atom stereocenters. The summed E-state index contributed by atoms with van der Waals surface area (Å²) in [4.78, 5) is 13.3. The van der Waals surface area contributed by atoms with E-state index in [0.717, 1.165) is 103 Å². The summed E-state index contributed by atoms with van der Waals surface area (Å²) >= 11 is 0. The van der Waals surface area contributed by atoms with Crippen molar-refractivity contribution in [3.8, 4) is 0 Å². The molecule has 0 spiro atoms. The highest BCUT2D eigenvalue weighted by Gasteiger charge is 2.51. The molecule has 0 aromatic carbocycles. The van der Waals surface area contributed by atoms with Gasteiger partial charge in [0.25, 0.3) is 0 Å². The minimum atomic E-state index is -1.80. The lowest BCUT2D eigenvalue weighted by molar-refractivity contribution is -0.359. The highest BCUT2D eigenvalue weighted by atomic mass is 16.7. The van der Waals surface area contributed by atoms with Crippen LogP contribution in [0.15, 0.2) is 134 Å². The van der Waals surface area contributed by atoms with Crippen LogP contribution in [-0.2, 0) is 23.7 Å². The number of aliphatic hydroxyl groups is 8. The van der Waals surface area contributed by atoms with Gasteiger partial charge in [0.15, 0.2) is 12.6 Å². The average Bonchev–Trinajstić information content (AvgIpc) is 2.07. The van der Waals surface area contributed by atoms with Gasteiger partial charge in [-0.2, -0.15) is 0 Å². The van der Waals surface area contributed by atoms with Crippen LogP contribution in [0.4, 0.5) is 0 Å². The smallest absolute Gasteiger partial charge is 0.220 e. The lowest BCUT2D eigenvalue weighted by atomic mass is 9.97. The van der Waals surface area contributed by atoms with Crippen molar-refractivity contribution in [3.05, 3.63) is 134 Å². The Labute approximate surface area is 532 Å². The zero-order valence-corrected chi connectivity index (χ0v) is 54.4. The fraction of sp³-hybridized carbons (Fsp3) is 0.689. The van der Waals surface area contributed by atoms with E-state index in [0.29, 0.717) is 12.8 Å². The molecule has 14 heteroatoms. The third kappa shape index (κ3) is 40.8. The van der Waals surface area contributed by atoms with Crippen molar-refractivity contribution in [2.24, 2.45) is 0 Å². The molecule has 0 aromatic rings. The van der Waals surface area contributed by atoms with Crippen LogP contribution in [0.5, 0.6) is 0 Å². The van der Waals surface area contributed by atoms with Gasteiger partial charge >= 0.3 is 0 Å². The molecule has 2 heterocycles. The normalized spacial score (nSPS) is 24.0. The Morgan fingerprint density at radius 1 is 0.420 bits per heavy atom. The number of unbranched alkanes of at least 4 members (excludes halogenated alkanes) is 21. The van der Waals surface area contributed by atoms with Crippen molar-refractivity contribution in [3.63, 3.8) is 0 Å². The predicted octanol–water partition coefficient (Wildman–Crippen LogP) is 13.9. The fourth-order valence-corrected chi connectivity index (χ4v) is 10.3. The van der Waals surface area contributed by atoms with Crippen LogP contribution < -0.4 is 5.32 Å². The molecule has 0 aromatic heterocycles. The lowest BCUT2D eigenvalue weighted by Crippen LogP contribution is -2.65. The molecule has 9 N–H and O–H groups in total. The summed E-state index contributed by atoms with van der Waals surface area (Å²) < 4.78 is 22.8. The molecule has 0 aliphatic carbocycles. The van der Waals surface area contributed by atoms with E-state index in [1.807, 2.05) is 6.08 Å². The number of hydrogen-bond donors (Lipinski definition) is 9. The third-order valence-electron chi connectivity index (χ3n) is 15.8. The number of carbonyl (C=O) groups is 1. The maximum absolute atomic E-state index is 13.3.